The Labute approximate surface area is 89.2 Å². The van der Waals surface area contributed by atoms with Crippen molar-refractivity contribution in [2.75, 3.05) is 21.2 Å². The van der Waals surface area contributed by atoms with Crippen molar-refractivity contribution in [2.24, 2.45) is 5.10 Å². The van der Waals surface area contributed by atoms with Gasteiger partial charge in [0.25, 0.3) is 0 Å². The molecule has 4 nitrogen and oxygen atoms in total. The molecule has 0 spiro atoms. The average molecular weight is 206 g/mol. The van der Waals surface area contributed by atoms with E-state index in [1.54, 1.807) is 19.1 Å². The van der Waals surface area contributed by atoms with Gasteiger partial charge in [0, 0.05) is 19.7 Å². The average Bonchev–Trinajstić information content (AvgIpc) is 2.26. The van der Waals surface area contributed by atoms with Crippen LogP contribution in [0.2, 0.25) is 0 Å². The molecule has 1 aromatic carbocycles. The monoisotopic (exact) mass is 206 g/mol. The van der Waals surface area contributed by atoms with Crippen LogP contribution in [0.15, 0.2) is 35.4 Å². The highest BCUT2D eigenvalue weighted by atomic mass is 16.5. The first-order valence-corrected chi connectivity index (χ1v) is 4.55. The number of ether oxygens (including phenoxy) is 1. The molecule has 0 aliphatic rings. The first-order valence-electron chi connectivity index (χ1n) is 4.55. The fourth-order valence-corrected chi connectivity index (χ4v) is 1.11. The van der Waals surface area contributed by atoms with Crippen molar-refractivity contribution in [1.29, 1.82) is 0 Å². The third kappa shape index (κ3) is 3.09. The number of carbonyl (C=O) groups excluding carboxylic acids is 1. The summed E-state index contributed by atoms with van der Waals surface area (Å²) in [6.45, 7) is 0. The van der Waals surface area contributed by atoms with Crippen molar-refractivity contribution < 1.29 is 9.53 Å². The summed E-state index contributed by atoms with van der Waals surface area (Å²) >= 11 is 0. The Balaban J connectivity index is 3.08. The maximum atomic E-state index is 11.5. The molecule has 0 unspecified atom stereocenters. The lowest BCUT2D eigenvalue weighted by atomic mass is 10.1. The molecule has 0 aromatic heterocycles. The third-order valence-electron chi connectivity index (χ3n) is 1.73. The van der Waals surface area contributed by atoms with Crippen LogP contribution in [-0.2, 0) is 9.53 Å². The molecule has 0 saturated carbocycles. The highest BCUT2D eigenvalue weighted by Gasteiger charge is 2.14. The van der Waals surface area contributed by atoms with Gasteiger partial charge in [-0.05, 0) is 0 Å². The van der Waals surface area contributed by atoms with Crippen molar-refractivity contribution in [2.45, 2.75) is 0 Å². The second-order valence-electron chi connectivity index (χ2n) is 3.15. The first kappa shape index (κ1) is 11.2. The Hall–Kier alpha value is -1.84. The van der Waals surface area contributed by atoms with E-state index in [4.69, 9.17) is 0 Å². The predicted octanol–water partition coefficient (Wildman–Crippen LogP) is 1.13. The van der Waals surface area contributed by atoms with Gasteiger partial charge >= 0.3 is 5.97 Å². The molecule has 0 aliphatic carbocycles. The SMILES string of the molecule is COC(=O)C(=NN(C)C)c1ccccc1. The Morgan fingerprint density at radius 3 is 2.33 bits per heavy atom. The van der Waals surface area contributed by atoms with Crippen LogP contribution in [0.4, 0.5) is 0 Å². The summed E-state index contributed by atoms with van der Waals surface area (Å²) < 4.78 is 4.67. The van der Waals surface area contributed by atoms with Crippen LogP contribution >= 0.6 is 0 Å². The third-order valence-corrected chi connectivity index (χ3v) is 1.73. The number of carbonyl (C=O) groups is 1. The standard InChI is InChI=1S/C11H14N2O2/c1-13(2)12-10(11(14)15-3)9-7-5-4-6-8-9/h4-8H,1-3H3. The Kier molecular flexibility index (Phi) is 3.85. The van der Waals surface area contributed by atoms with Gasteiger partial charge in [-0.2, -0.15) is 5.10 Å². The minimum Gasteiger partial charge on any atom is -0.464 e. The molecular formula is C11H14N2O2. The fourth-order valence-electron chi connectivity index (χ4n) is 1.11. The van der Waals surface area contributed by atoms with Crippen LogP contribution in [-0.4, -0.2) is 37.9 Å². The van der Waals surface area contributed by atoms with Crippen LogP contribution in [0, 0.1) is 0 Å². The molecule has 15 heavy (non-hydrogen) atoms. The zero-order valence-electron chi connectivity index (χ0n) is 9.10. The van der Waals surface area contributed by atoms with Gasteiger partial charge in [-0.25, -0.2) is 4.79 Å². The van der Waals surface area contributed by atoms with Gasteiger partial charge in [0.2, 0.25) is 0 Å². The molecule has 4 heteroatoms. The maximum Gasteiger partial charge on any atom is 0.359 e. The van der Waals surface area contributed by atoms with E-state index in [9.17, 15) is 4.79 Å². The lowest BCUT2D eigenvalue weighted by Gasteiger charge is -2.09. The Morgan fingerprint density at radius 2 is 1.87 bits per heavy atom. The molecule has 0 amide bonds. The molecule has 0 heterocycles. The summed E-state index contributed by atoms with van der Waals surface area (Å²) in [6, 6.07) is 9.22. The van der Waals surface area contributed by atoms with Crippen molar-refractivity contribution in [1.82, 2.24) is 5.01 Å². The van der Waals surface area contributed by atoms with E-state index in [0.29, 0.717) is 5.71 Å². The number of hydrogen-bond donors (Lipinski definition) is 0. The number of nitrogens with zero attached hydrogens (tertiary/aromatic N) is 2. The summed E-state index contributed by atoms with van der Waals surface area (Å²) in [6.07, 6.45) is 0. The topological polar surface area (TPSA) is 41.9 Å². The summed E-state index contributed by atoms with van der Waals surface area (Å²) in [5, 5.41) is 5.66. The molecule has 80 valence electrons. The number of benzene rings is 1. The van der Waals surface area contributed by atoms with E-state index in [0.717, 1.165) is 5.56 Å². The number of rotatable bonds is 3. The van der Waals surface area contributed by atoms with E-state index in [2.05, 4.69) is 9.84 Å². The zero-order chi connectivity index (χ0) is 11.3. The molecule has 0 atom stereocenters. The van der Waals surface area contributed by atoms with E-state index in [1.807, 2.05) is 30.3 Å². The van der Waals surface area contributed by atoms with Crippen LogP contribution in [0.5, 0.6) is 0 Å². The second-order valence-corrected chi connectivity index (χ2v) is 3.15. The lowest BCUT2D eigenvalue weighted by molar-refractivity contribution is -0.132. The minimum absolute atomic E-state index is 0.308. The predicted molar refractivity (Wildman–Crippen MR) is 58.7 cm³/mol. The van der Waals surface area contributed by atoms with E-state index in [1.165, 1.54) is 7.11 Å². The maximum absolute atomic E-state index is 11.5. The van der Waals surface area contributed by atoms with Gasteiger partial charge in [0.05, 0.1) is 7.11 Å². The van der Waals surface area contributed by atoms with Gasteiger partial charge in [-0.1, -0.05) is 30.3 Å². The highest BCUT2D eigenvalue weighted by Crippen LogP contribution is 2.03. The quantitative estimate of drug-likeness (QED) is 0.423. The molecule has 0 N–H and O–H groups in total. The number of methoxy groups -OCH3 is 1. The molecule has 0 saturated heterocycles. The summed E-state index contributed by atoms with van der Waals surface area (Å²) in [7, 11) is 4.86. The van der Waals surface area contributed by atoms with E-state index < -0.39 is 5.97 Å². The first-order chi connectivity index (χ1) is 7.15. The summed E-state index contributed by atoms with van der Waals surface area (Å²) in [5.74, 6) is -0.435. The van der Waals surface area contributed by atoms with Gasteiger partial charge in [0.15, 0.2) is 5.71 Å². The smallest absolute Gasteiger partial charge is 0.359 e. The Morgan fingerprint density at radius 1 is 1.27 bits per heavy atom. The van der Waals surface area contributed by atoms with Gasteiger partial charge in [-0.3, -0.25) is 0 Å². The second kappa shape index (κ2) is 5.14. The van der Waals surface area contributed by atoms with Crippen LogP contribution < -0.4 is 0 Å². The van der Waals surface area contributed by atoms with Gasteiger partial charge in [0.1, 0.15) is 0 Å². The zero-order valence-corrected chi connectivity index (χ0v) is 9.10. The largest absolute Gasteiger partial charge is 0.464 e. The molecule has 0 fully saturated rings. The molecule has 0 radical (unpaired) electrons. The summed E-state index contributed by atoms with van der Waals surface area (Å²) in [5.41, 5.74) is 1.06. The Bertz CT molecular complexity index is 358. The molecule has 0 aliphatic heterocycles. The summed E-state index contributed by atoms with van der Waals surface area (Å²) in [4.78, 5) is 11.5. The van der Waals surface area contributed by atoms with Gasteiger partial charge < -0.3 is 9.75 Å². The number of hydrazone groups is 1. The van der Waals surface area contributed by atoms with E-state index in [-0.39, 0.29) is 0 Å². The molecule has 1 aromatic rings. The lowest BCUT2D eigenvalue weighted by Crippen LogP contribution is -2.20. The van der Waals surface area contributed by atoms with Crippen molar-refractivity contribution >= 4 is 11.7 Å². The van der Waals surface area contributed by atoms with Gasteiger partial charge in [-0.15, -0.1) is 0 Å². The van der Waals surface area contributed by atoms with E-state index >= 15 is 0 Å². The highest BCUT2D eigenvalue weighted by molar-refractivity contribution is 6.43. The van der Waals surface area contributed by atoms with Crippen molar-refractivity contribution in [3.8, 4) is 0 Å². The fraction of sp³-hybridized carbons (Fsp3) is 0.273. The molecule has 1 rings (SSSR count). The molecule has 0 bridgehead atoms. The van der Waals surface area contributed by atoms with Crippen LogP contribution in [0.25, 0.3) is 0 Å². The normalized spacial score (nSPS) is 11.0. The minimum atomic E-state index is -0.435. The van der Waals surface area contributed by atoms with Crippen molar-refractivity contribution in [3.63, 3.8) is 0 Å². The van der Waals surface area contributed by atoms with Crippen LogP contribution in [0.1, 0.15) is 5.56 Å². The van der Waals surface area contributed by atoms with Crippen LogP contribution in [0.3, 0.4) is 0 Å². The molecular weight excluding hydrogens is 192 g/mol. The number of esters is 1. The van der Waals surface area contributed by atoms with Crippen molar-refractivity contribution in [3.05, 3.63) is 35.9 Å². The number of hydrogen-bond acceptors (Lipinski definition) is 4.